The van der Waals surface area contributed by atoms with E-state index in [0.717, 1.165) is 63.7 Å². The van der Waals surface area contributed by atoms with Crippen LogP contribution in [0.25, 0.3) is 0 Å². The zero-order valence-electron chi connectivity index (χ0n) is 39.5. The van der Waals surface area contributed by atoms with E-state index in [1.807, 2.05) is 0 Å². The minimum atomic E-state index is -0.760. The number of hydrogen-bond acceptors (Lipinski definition) is 6. The number of unbranched alkanes of at least 4 members (excludes halogenated alkanes) is 33. The molecule has 0 bridgehead atoms. The van der Waals surface area contributed by atoms with Crippen molar-refractivity contribution in [2.45, 2.75) is 297 Å². The molecule has 58 heavy (non-hydrogen) atoms. The molecule has 0 aromatic heterocycles. The standard InChI is InChI=1S/C52H100O6/c1-5-8-10-12-14-16-18-19-20-21-22-23-28-32-36-40-44-51(54)57-47-49(46-56-50(53)43-39-35-31-27-17-15-13-11-9-6-2)58-52(55)45-41-37-33-29-25-24-26-30-34-38-42-48(4)7-3/h48-49H,5-47H2,1-4H3/t48?,49-/m0/s1. The smallest absolute Gasteiger partial charge is 0.306 e. The number of hydrogen-bond donors (Lipinski definition) is 0. The summed E-state index contributed by atoms with van der Waals surface area (Å²) in [5.74, 6) is 0.0213. The molecule has 2 atom stereocenters. The maximum Gasteiger partial charge on any atom is 0.306 e. The summed E-state index contributed by atoms with van der Waals surface area (Å²) in [4.78, 5) is 37.9. The summed E-state index contributed by atoms with van der Waals surface area (Å²) in [7, 11) is 0. The average Bonchev–Trinajstić information content (AvgIpc) is 3.22. The van der Waals surface area contributed by atoms with Gasteiger partial charge < -0.3 is 14.2 Å². The van der Waals surface area contributed by atoms with E-state index in [2.05, 4.69) is 27.7 Å². The molecule has 0 amide bonds. The summed E-state index contributed by atoms with van der Waals surface area (Å²) in [5.41, 5.74) is 0. The highest BCUT2D eigenvalue weighted by atomic mass is 16.6. The molecule has 0 aliphatic heterocycles. The highest BCUT2D eigenvalue weighted by Gasteiger charge is 2.19. The molecule has 0 heterocycles. The lowest BCUT2D eigenvalue weighted by Crippen LogP contribution is -2.30. The lowest BCUT2D eigenvalue weighted by molar-refractivity contribution is -0.167. The van der Waals surface area contributed by atoms with Gasteiger partial charge in [-0.15, -0.1) is 0 Å². The molecule has 0 rings (SSSR count). The normalized spacial score (nSPS) is 12.4. The summed E-state index contributed by atoms with van der Waals surface area (Å²) in [5, 5.41) is 0. The Morgan fingerprint density at radius 1 is 0.345 bits per heavy atom. The summed E-state index contributed by atoms with van der Waals surface area (Å²) >= 11 is 0. The van der Waals surface area contributed by atoms with E-state index in [0.29, 0.717) is 19.3 Å². The Hall–Kier alpha value is -1.59. The molecule has 1 unspecified atom stereocenters. The molecule has 0 N–H and O–H groups in total. The summed E-state index contributed by atoms with van der Waals surface area (Å²) in [6.45, 7) is 9.04. The predicted octanol–water partition coefficient (Wildman–Crippen LogP) is 16.7. The topological polar surface area (TPSA) is 78.9 Å². The molecular formula is C52H100O6. The monoisotopic (exact) mass is 821 g/mol. The van der Waals surface area contributed by atoms with Crippen LogP contribution in [0, 0.1) is 5.92 Å². The first kappa shape index (κ1) is 56.4. The van der Waals surface area contributed by atoms with Crippen molar-refractivity contribution in [3.05, 3.63) is 0 Å². The Labute approximate surface area is 361 Å². The Kier molecular flexibility index (Phi) is 45.2. The van der Waals surface area contributed by atoms with Crippen LogP contribution in [-0.2, 0) is 28.6 Å². The third-order valence-electron chi connectivity index (χ3n) is 12.2. The largest absolute Gasteiger partial charge is 0.462 e. The Balaban J connectivity index is 4.29. The molecule has 0 saturated carbocycles. The third kappa shape index (κ3) is 44.0. The molecule has 0 radical (unpaired) electrons. The first-order valence-corrected chi connectivity index (χ1v) is 25.9. The van der Waals surface area contributed by atoms with Crippen LogP contribution in [0.4, 0.5) is 0 Å². The quantitative estimate of drug-likeness (QED) is 0.0346. The zero-order chi connectivity index (χ0) is 42.4. The van der Waals surface area contributed by atoms with Gasteiger partial charge in [0.05, 0.1) is 0 Å². The number of carbonyl (C=O) groups is 3. The van der Waals surface area contributed by atoms with Crippen molar-refractivity contribution in [1.82, 2.24) is 0 Å². The first-order chi connectivity index (χ1) is 28.4. The molecule has 0 fully saturated rings. The van der Waals surface area contributed by atoms with Crippen LogP contribution in [0.2, 0.25) is 0 Å². The summed E-state index contributed by atoms with van der Waals surface area (Å²) < 4.78 is 16.8. The molecule has 0 aliphatic rings. The van der Waals surface area contributed by atoms with E-state index in [1.54, 1.807) is 0 Å². The second-order valence-corrected chi connectivity index (χ2v) is 18.1. The van der Waals surface area contributed by atoms with Crippen molar-refractivity contribution in [1.29, 1.82) is 0 Å². The molecular weight excluding hydrogens is 721 g/mol. The van der Waals surface area contributed by atoms with Gasteiger partial charge in [-0.25, -0.2) is 0 Å². The Morgan fingerprint density at radius 2 is 0.603 bits per heavy atom. The van der Waals surface area contributed by atoms with Gasteiger partial charge in [-0.1, -0.05) is 252 Å². The lowest BCUT2D eigenvalue weighted by Gasteiger charge is -2.18. The van der Waals surface area contributed by atoms with Crippen molar-refractivity contribution >= 4 is 17.9 Å². The van der Waals surface area contributed by atoms with Crippen LogP contribution < -0.4 is 0 Å². The summed E-state index contributed by atoms with van der Waals surface area (Å²) in [6.07, 6.45) is 47.9. The minimum absolute atomic E-state index is 0.0629. The van der Waals surface area contributed by atoms with Gasteiger partial charge in [-0.2, -0.15) is 0 Å². The van der Waals surface area contributed by atoms with Crippen LogP contribution in [0.5, 0.6) is 0 Å². The fourth-order valence-corrected chi connectivity index (χ4v) is 7.83. The molecule has 0 aliphatic carbocycles. The van der Waals surface area contributed by atoms with Crippen molar-refractivity contribution in [3.8, 4) is 0 Å². The van der Waals surface area contributed by atoms with Crippen molar-refractivity contribution in [3.63, 3.8) is 0 Å². The van der Waals surface area contributed by atoms with Gasteiger partial charge in [0.1, 0.15) is 13.2 Å². The van der Waals surface area contributed by atoms with E-state index in [1.165, 1.54) is 186 Å². The first-order valence-electron chi connectivity index (χ1n) is 25.9. The molecule has 0 aromatic rings. The Bertz CT molecular complexity index is 874. The SMILES string of the molecule is CCCCCCCCCCCCCCCCCCC(=O)OC[C@H](COC(=O)CCCCCCCCCCCC)OC(=O)CCCCCCCCCCCCC(C)CC. The average molecular weight is 821 g/mol. The maximum absolute atomic E-state index is 12.8. The van der Waals surface area contributed by atoms with E-state index in [-0.39, 0.29) is 31.1 Å². The highest BCUT2D eigenvalue weighted by molar-refractivity contribution is 5.71. The highest BCUT2D eigenvalue weighted by Crippen LogP contribution is 2.17. The van der Waals surface area contributed by atoms with Crippen LogP contribution >= 0.6 is 0 Å². The van der Waals surface area contributed by atoms with Gasteiger partial charge in [-0.3, -0.25) is 14.4 Å². The van der Waals surface area contributed by atoms with Crippen LogP contribution in [0.1, 0.15) is 291 Å². The Morgan fingerprint density at radius 3 is 0.897 bits per heavy atom. The van der Waals surface area contributed by atoms with Crippen LogP contribution in [0.3, 0.4) is 0 Å². The number of rotatable bonds is 47. The fraction of sp³-hybridized carbons (Fsp3) is 0.942. The zero-order valence-corrected chi connectivity index (χ0v) is 39.5. The van der Waals surface area contributed by atoms with E-state index >= 15 is 0 Å². The summed E-state index contributed by atoms with van der Waals surface area (Å²) in [6, 6.07) is 0. The predicted molar refractivity (Wildman–Crippen MR) is 247 cm³/mol. The van der Waals surface area contributed by atoms with E-state index < -0.39 is 6.10 Å². The molecule has 6 heteroatoms. The van der Waals surface area contributed by atoms with Crippen molar-refractivity contribution in [2.75, 3.05) is 13.2 Å². The molecule has 0 aromatic carbocycles. The molecule has 0 saturated heterocycles. The van der Waals surface area contributed by atoms with Gasteiger partial charge in [-0.05, 0) is 25.2 Å². The number of carbonyl (C=O) groups excluding carboxylic acids is 3. The van der Waals surface area contributed by atoms with Gasteiger partial charge >= 0.3 is 17.9 Å². The third-order valence-corrected chi connectivity index (χ3v) is 12.2. The van der Waals surface area contributed by atoms with Crippen molar-refractivity contribution in [2.24, 2.45) is 5.92 Å². The van der Waals surface area contributed by atoms with E-state index in [4.69, 9.17) is 14.2 Å². The van der Waals surface area contributed by atoms with Crippen LogP contribution in [0.15, 0.2) is 0 Å². The number of ether oxygens (including phenoxy) is 3. The van der Waals surface area contributed by atoms with Gasteiger partial charge in [0.25, 0.3) is 0 Å². The number of esters is 3. The molecule has 6 nitrogen and oxygen atoms in total. The lowest BCUT2D eigenvalue weighted by atomic mass is 9.99. The second-order valence-electron chi connectivity index (χ2n) is 18.1. The van der Waals surface area contributed by atoms with Crippen molar-refractivity contribution < 1.29 is 28.6 Å². The van der Waals surface area contributed by atoms with E-state index in [9.17, 15) is 14.4 Å². The van der Waals surface area contributed by atoms with Gasteiger partial charge in [0.15, 0.2) is 6.10 Å². The maximum atomic E-state index is 12.8. The van der Waals surface area contributed by atoms with Gasteiger partial charge in [0.2, 0.25) is 0 Å². The fourth-order valence-electron chi connectivity index (χ4n) is 7.83. The molecule has 0 spiro atoms. The minimum Gasteiger partial charge on any atom is -0.462 e. The van der Waals surface area contributed by atoms with Crippen LogP contribution in [-0.4, -0.2) is 37.2 Å². The second kappa shape index (κ2) is 46.5. The van der Waals surface area contributed by atoms with Gasteiger partial charge in [0, 0.05) is 19.3 Å². The molecule has 344 valence electrons.